The number of ketones is 1. The lowest BCUT2D eigenvalue weighted by Gasteiger charge is -2.32. The lowest BCUT2D eigenvalue weighted by molar-refractivity contribution is 0.102. The molecular formula is C32H35FN6O3. The van der Waals surface area contributed by atoms with Crippen molar-refractivity contribution in [2.24, 2.45) is 11.8 Å². The van der Waals surface area contributed by atoms with Crippen LogP contribution in [-0.2, 0) is 19.4 Å². The number of H-pyrrole nitrogens is 1. The van der Waals surface area contributed by atoms with E-state index in [1.165, 1.54) is 12.1 Å². The summed E-state index contributed by atoms with van der Waals surface area (Å²) in [5.41, 5.74) is 2.54. The number of rotatable bonds is 8. The molecule has 2 aromatic carbocycles. The second kappa shape index (κ2) is 12.1. The lowest BCUT2D eigenvalue weighted by atomic mass is 9.86. The van der Waals surface area contributed by atoms with E-state index in [0.29, 0.717) is 65.7 Å². The summed E-state index contributed by atoms with van der Waals surface area (Å²) < 4.78 is 21.4. The molecule has 0 saturated carbocycles. The Morgan fingerprint density at radius 2 is 1.93 bits per heavy atom. The topological polar surface area (TPSA) is 113 Å². The summed E-state index contributed by atoms with van der Waals surface area (Å²) in [4.78, 5) is 37.3. The number of aromatic amines is 1. The van der Waals surface area contributed by atoms with Crippen molar-refractivity contribution in [3.63, 3.8) is 0 Å². The molecule has 218 valence electrons. The van der Waals surface area contributed by atoms with Gasteiger partial charge in [0.1, 0.15) is 5.82 Å². The van der Waals surface area contributed by atoms with Gasteiger partial charge in [0.05, 0.1) is 28.9 Å². The van der Waals surface area contributed by atoms with Crippen molar-refractivity contribution in [2.75, 3.05) is 33.3 Å². The van der Waals surface area contributed by atoms with Gasteiger partial charge in [0.15, 0.2) is 0 Å². The van der Waals surface area contributed by atoms with E-state index in [-0.39, 0.29) is 16.9 Å². The molecule has 1 unspecified atom stereocenters. The fourth-order valence-electron chi connectivity index (χ4n) is 5.95. The Labute approximate surface area is 243 Å². The molecule has 2 aromatic heterocycles. The summed E-state index contributed by atoms with van der Waals surface area (Å²) in [5.74, 6) is 0.000337. The quantitative estimate of drug-likeness (QED) is 0.309. The summed E-state index contributed by atoms with van der Waals surface area (Å²) in [6, 6.07) is 11.6. The molecule has 4 heterocycles. The maximum Gasteiger partial charge on any atom is 0.272 e. The first kappa shape index (κ1) is 28.1. The zero-order valence-electron chi connectivity index (χ0n) is 24.0. The summed E-state index contributed by atoms with van der Waals surface area (Å²) in [6.45, 7) is 6.16. The molecule has 1 saturated heterocycles. The number of hydrogen-bond acceptors (Lipinski definition) is 8. The number of ether oxygens (including phenoxy) is 1. The number of aromatic nitrogens is 4. The third-order valence-electron chi connectivity index (χ3n) is 8.57. The van der Waals surface area contributed by atoms with Crippen LogP contribution in [0.5, 0.6) is 5.88 Å². The molecule has 2 N–H and O–H groups in total. The van der Waals surface area contributed by atoms with Crippen molar-refractivity contribution in [3.05, 3.63) is 92.5 Å². The van der Waals surface area contributed by atoms with Crippen molar-refractivity contribution < 1.29 is 13.9 Å². The van der Waals surface area contributed by atoms with E-state index in [1.807, 2.05) is 12.1 Å². The van der Waals surface area contributed by atoms with Gasteiger partial charge < -0.3 is 15.0 Å². The molecule has 6 rings (SSSR count). The van der Waals surface area contributed by atoms with Gasteiger partial charge in [-0.15, -0.1) is 0 Å². The number of benzene rings is 2. The van der Waals surface area contributed by atoms with Gasteiger partial charge in [-0.3, -0.25) is 9.59 Å². The number of likely N-dealkylation sites (tertiary alicyclic amines) is 1. The highest BCUT2D eigenvalue weighted by molar-refractivity contribution is 6.07. The average molecular weight is 571 g/mol. The first-order valence-electron chi connectivity index (χ1n) is 14.6. The predicted octanol–water partition coefficient (Wildman–Crippen LogP) is 3.68. The second-order valence-electron chi connectivity index (χ2n) is 11.5. The van der Waals surface area contributed by atoms with Gasteiger partial charge in [-0.1, -0.05) is 31.2 Å². The van der Waals surface area contributed by atoms with E-state index in [1.54, 1.807) is 18.2 Å². The molecule has 0 spiro atoms. The normalized spacial score (nSPS) is 16.7. The molecule has 42 heavy (non-hydrogen) atoms. The molecule has 0 aliphatic carbocycles. The van der Waals surface area contributed by atoms with Crippen LogP contribution in [0.1, 0.15) is 58.5 Å². The second-order valence-corrected chi connectivity index (χ2v) is 11.5. The fraction of sp³-hybridized carbons (Fsp3) is 0.406. The lowest BCUT2D eigenvalue weighted by Crippen LogP contribution is -2.34. The van der Waals surface area contributed by atoms with Crippen LogP contribution >= 0.6 is 0 Å². The molecular weight excluding hydrogens is 535 g/mol. The minimum Gasteiger partial charge on any atom is -0.477 e. The number of fused-ring (bicyclic) bond motifs is 2. The molecule has 10 heteroatoms. The van der Waals surface area contributed by atoms with Crippen molar-refractivity contribution in [2.45, 2.75) is 39.2 Å². The van der Waals surface area contributed by atoms with E-state index < -0.39 is 11.6 Å². The zero-order chi connectivity index (χ0) is 29.2. The standard InChI is InChI=1S/C32H35FN6O3/c1-19(21-10-13-39(2)14-11-21)18-42-32-25-17-34-12-9-27(25)35-30(36-32)29(40)24-15-20(7-8-26(24)33)16-28-22-5-3-4-6-23(22)31(41)38-37-28/h3-8,15,19,21,34H,9-14,16-18H2,1-2H3,(H,38,41). The van der Waals surface area contributed by atoms with E-state index in [0.717, 1.165) is 43.7 Å². The largest absolute Gasteiger partial charge is 0.477 e. The summed E-state index contributed by atoms with van der Waals surface area (Å²) in [7, 11) is 2.15. The Balaban J connectivity index is 1.26. The number of nitrogens with zero attached hydrogens (tertiary/aromatic N) is 4. The highest BCUT2D eigenvalue weighted by atomic mass is 19.1. The van der Waals surface area contributed by atoms with Gasteiger partial charge in [0.25, 0.3) is 5.56 Å². The Morgan fingerprint density at radius 3 is 2.74 bits per heavy atom. The van der Waals surface area contributed by atoms with Crippen LogP contribution in [0.25, 0.3) is 10.8 Å². The van der Waals surface area contributed by atoms with Crippen LogP contribution < -0.4 is 15.6 Å². The average Bonchev–Trinajstić information content (AvgIpc) is 3.02. The first-order chi connectivity index (χ1) is 20.4. The fourth-order valence-corrected chi connectivity index (χ4v) is 5.95. The SMILES string of the molecule is CC(COc1nc(C(=O)c2cc(Cc3n[nH]c(=O)c4ccccc34)ccc2F)nc2c1CNCC2)C1CCN(C)CC1. The molecule has 2 aliphatic heterocycles. The minimum absolute atomic E-state index is 0.0683. The molecule has 0 radical (unpaired) electrons. The zero-order valence-corrected chi connectivity index (χ0v) is 24.0. The molecule has 4 aromatic rings. The van der Waals surface area contributed by atoms with E-state index >= 15 is 4.39 Å². The number of carbonyl (C=O) groups is 1. The van der Waals surface area contributed by atoms with Gasteiger partial charge in [-0.05, 0) is 68.6 Å². The molecule has 0 amide bonds. The Morgan fingerprint density at radius 1 is 1.14 bits per heavy atom. The van der Waals surface area contributed by atoms with Crippen LogP contribution in [0.4, 0.5) is 4.39 Å². The Hall–Kier alpha value is -4.02. The van der Waals surface area contributed by atoms with E-state index in [2.05, 4.69) is 44.4 Å². The van der Waals surface area contributed by atoms with Crippen LogP contribution in [0, 0.1) is 17.7 Å². The van der Waals surface area contributed by atoms with E-state index in [4.69, 9.17) is 4.74 Å². The van der Waals surface area contributed by atoms with Crippen molar-refractivity contribution in [3.8, 4) is 5.88 Å². The Bertz CT molecular complexity index is 1680. The third-order valence-corrected chi connectivity index (χ3v) is 8.57. The van der Waals surface area contributed by atoms with Gasteiger partial charge in [0.2, 0.25) is 17.5 Å². The van der Waals surface area contributed by atoms with E-state index in [9.17, 15) is 9.59 Å². The number of hydrogen-bond donors (Lipinski definition) is 2. The first-order valence-corrected chi connectivity index (χ1v) is 14.6. The van der Waals surface area contributed by atoms with Gasteiger partial charge >= 0.3 is 0 Å². The van der Waals surface area contributed by atoms with Crippen molar-refractivity contribution in [1.29, 1.82) is 0 Å². The number of carbonyl (C=O) groups excluding carboxylic acids is 1. The van der Waals surface area contributed by atoms with Crippen LogP contribution in [0.15, 0.2) is 47.3 Å². The smallest absolute Gasteiger partial charge is 0.272 e. The maximum atomic E-state index is 15.1. The summed E-state index contributed by atoms with van der Waals surface area (Å²) in [6.07, 6.45) is 3.20. The monoisotopic (exact) mass is 570 g/mol. The number of piperidine rings is 1. The van der Waals surface area contributed by atoms with Crippen LogP contribution in [0.3, 0.4) is 0 Å². The highest BCUT2D eigenvalue weighted by Crippen LogP contribution is 2.28. The van der Waals surface area contributed by atoms with Gasteiger partial charge in [0, 0.05) is 36.9 Å². The molecule has 1 atom stereocenters. The number of halogens is 1. The van der Waals surface area contributed by atoms with Crippen molar-refractivity contribution in [1.82, 2.24) is 30.4 Å². The van der Waals surface area contributed by atoms with Gasteiger partial charge in [-0.25, -0.2) is 14.5 Å². The molecule has 2 aliphatic rings. The summed E-state index contributed by atoms with van der Waals surface area (Å²) >= 11 is 0. The molecule has 1 fully saturated rings. The van der Waals surface area contributed by atoms with Crippen LogP contribution in [-0.4, -0.2) is 64.1 Å². The predicted molar refractivity (Wildman–Crippen MR) is 157 cm³/mol. The van der Waals surface area contributed by atoms with Crippen LogP contribution in [0.2, 0.25) is 0 Å². The molecule has 0 bridgehead atoms. The maximum absolute atomic E-state index is 15.1. The number of nitrogens with one attached hydrogen (secondary N) is 2. The summed E-state index contributed by atoms with van der Waals surface area (Å²) in [5, 5.41) is 11.3. The highest BCUT2D eigenvalue weighted by Gasteiger charge is 2.27. The third kappa shape index (κ3) is 5.82. The van der Waals surface area contributed by atoms with Crippen molar-refractivity contribution >= 4 is 16.6 Å². The molecule has 9 nitrogen and oxygen atoms in total. The Kier molecular flexibility index (Phi) is 8.08. The van der Waals surface area contributed by atoms with Gasteiger partial charge in [-0.2, -0.15) is 10.1 Å². The minimum atomic E-state index is -0.649.